The van der Waals surface area contributed by atoms with Crippen molar-refractivity contribution in [2.75, 3.05) is 19.6 Å². The SMILES string of the molecule is CCNC(=NCCCNC(=O)OC(C)(C)C)NC1CCCC1.I. The van der Waals surface area contributed by atoms with Gasteiger partial charge in [0.05, 0.1) is 0 Å². The van der Waals surface area contributed by atoms with Gasteiger partial charge in [0, 0.05) is 25.7 Å². The molecule has 1 amide bonds. The highest BCUT2D eigenvalue weighted by Crippen LogP contribution is 2.17. The molecule has 136 valence electrons. The summed E-state index contributed by atoms with van der Waals surface area (Å²) in [5.41, 5.74) is -0.453. The molecule has 1 rings (SSSR count). The lowest BCUT2D eigenvalue weighted by atomic mass is 10.2. The number of aliphatic imine (C=N–C) groups is 1. The van der Waals surface area contributed by atoms with Crippen LogP contribution in [0.3, 0.4) is 0 Å². The molecule has 0 unspecified atom stereocenters. The molecule has 1 aliphatic carbocycles. The highest BCUT2D eigenvalue weighted by Gasteiger charge is 2.16. The average Bonchev–Trinajstić information content (AvgIpc) is 2.89. The van der Waals surface area contributed by atoms with E-state index in [2.05, 4.69) is 27.9 Å². The molecule has 23 heavy (non-hydrogen) atoms. The van der Waals surface area contributed by atoms with Crippen molar-refractivity contribution in [1.82, 2.24) is 16.0 Å². The molecule has 1 fully saturated rings. The Hall–Kier alpha value is -0.730. The fraction of sp³-hybridized carbons (Fsp3) is 0.875. The summed E-state index contributed by atoms with van der Waals surface area (Å²) in [6.07, 6.45) is 5.48. The zero-order valence-corrected chi connectivity index (χ0v) is 17.2. The summed E-state index contributed by atoms with van der Waals surface area (Å²) >= 11 is 0. The van der Waals surface area contributed by atoms with E-state index < -0.39 is 5.60 Å². The number of amides is 1. The van der Waals surface area contributed by atoms with Crippen LogP contribution in [0, 0.1) is 0 Å². The molecule has 3 N–H and O–H groups in total. The lowest BCUT2D eigenvalue weighted by molar-refractivity contribution is 0.0527. The quantitative estimate of drug-likeness (QED) is 0.257. The summed E-state index contributed by atoms with van der Waals surface area (Å²) < 4.78 is 5.18. The number of carbonyl (C=O) groups is 1. The lowest BCUT2D eigenvalue weighted by Crippen LogP contribution is -2.42. The maximum absolute atomic E-state index is 11.5. The first-order valence-corrected chi connectivity index (χ1v) is 8.42. The number of nitrogens with zero attached hydrogens (tertiary/aromatic N) is 1. The highest BCUT2D eigenvalue weighted by molar-refractivity contribution is 14.0. The Balaban J connectivity index is 0.00000484. The highest BCUT2D eigenvalue weighted by atomic mass is 127. The summed E-state index contributed by atoms with van der Waals surface area (Å²) in [7, 11) is 0. The van der Waals surface area contributed by atoms with Crippen molar-refractivity contribution in [3.05, 3.63) is 0 Å². The first kappa shape index (κ1) is 22.3. The van der Waals surface area contributed by atoms with Gasteiger partial charge in [0.2, 0.25) is 0 Å². The van der Waals surface area contributed by atoms with Crippen molar-refractivity contribution in [3.63, 3.8) is 0 Å². The van der Waals surface area contributed by atoms with Gasteiger partial charge in [-0.15, -0.1) is 24.0 Å². The number of halogens is 1. The molecule has 0 spiro atoms. The molecule has 0 atom stereocenters. The second-order valence-corrected chi connectivity index (χ2v) is 6.67. The van der Waals surface area contributed by atoms with Crippen LogP contribution >= 0.6 is 24.0 Å². The van der Waals surface area contributed by atoms with E-state index in [1.165, 1.54) is 25.7 Å². The number of carbonyl (C=O) groups excluding carboxylic acids is 1. The number of alkyl carbamates (subject to hydrolysis) is 1. The van der Waals surface area contributed by atoms with E-state index in [-0.39, 0.29) is 30.1 Å². The van der Waals surface area contributed by atoms with Gasteiger partial charge in [-0.2, -0.15) is 0 Å². The van der Waals surface area contributed by atoms with Crippen LogP contribution in [0.4, 0.5) is 4.79 Å². The zero-order chi connectivity index (χ0) is 16.4. The third-order valence-corrected chi connectivity index (χ3v) is 3.31. The van der Waals surface area contributed by atoms with Crippen molar-refractivity contribution in [1.29, 1.82) is 0 Å². The molecule has 0 bridgehead atoms. The molecule has 1 saturated carbocycles. The van der Waals surface area contributed by atoms with Gasteiger partial charge < -0.3 is 20.7 Å². The fourth-order valence-electron chi connectivity index (χ4n) is 2.36. The van der Waals surface area contributed by atoms with E-state index in [4.69, 9.17) is 4.74 Å². The summed E-state index contributed by atoms with van der Waals surface area (Å²) in [4.78, 5) is 16.0. The standard InChI is InChI=1S/C16H32N4O2.HI/c1-5-17-14(20-13-9-6-7-10-13)18-11-8-12-19-15(21)22-16(2,3)4;/h13H,5-12H2,1-4H3,(H,19,21)(H2,17,18,20);1H. The first-order chi connectivity index (χ1) is 10.4. The number of ether oxygens (including phenoxy) is 1. The molecular weight excluding hydrogens is 407 g/mol. The van der Waals surface area contributed by atoms with Crippen molar-refractivity contribution in [3.8, 4) is 0 Å². The van der Waals surface area contributed by atoms with E-state index in [1.807, 2.05) is 20.8 Å². The number of guanidine groups is 1. The number of rotatable bonds is 6. The van der Waals surface area contributed by atoms with E-state index in [0.29, 0.717) is 19.1 Å². The van der Waals surface area contributed by atoms with Crippen LogP contribution in [0.5, 0.6) is 0 Å². The number of hydrogen-bond acceptors (Lipinski definition) is 3. The third-order valence-electron chi connectivity index (χ3n) is 3.31. The van der Waals surface area contributed by atoms with Crippen LogP contribution in [0.2, 0.25) is 0 Å². The number of nitrogens with one attached hydrogen (secondary N) is 3. The number of hydrogen-bond donors (Lipinski definition) is 3. The normalized spacial score (nSPS) is 15.7. The average molecular weight is 440 g/mol. The Kier molecular flexibility index (Phi) is 11.4. The molecule has 0 aromatic heterocycles. The van der Waals surface area contributed by atoms with E-state index in [0.717, 1.165) is 18.9 Å². The maximum Gasteiger partial charge on any atom is 0.407 e. The van der Waals surface area contributed by atoms with E-state index in [9.17, 15) is 4.79 Å². The topological polar surface area (TPSA) is 74.8 Å². The van der Waals surface area contributed by atoms with Crippen LogP contribution in [0.15, 0.2) is 4.99 Å². The minimum absolute atomic E-state index is 0. The predicted octanol–water partition coefficient (Wildman–Crippen LogP) is 3.02. The summed E-state index contributed by atoms with van der Waals surface area (Å²) in [6, 6.07) is 0.553. The van der Waals surface area contributed by atoms with Crippen LogP contribution < -0.4 is 16.0 Å². The minimum Gasteiger partial charge on any atom is -0.444 e. The Labute approximate surface area is 157 Å². The molecule has 0 saturated heterocycles. The van der Waals surface area contributed by atoms with Crippen molar-refractivity contribution >= 4 is 36.0 Å². The monoisotopic (exact) mass is 440 g/mol. The van der Waals surface area contributed by atoms with Gasteiger partial charge in [-0.25, -0.2) is 4.79 Å². The van der Waals surface area contributed by atoms with Crippen LogP contribution in [0.1, 0.15) is 59.8 Å². The van der Waals surface area contributed by atoms with Gasteiger partial charge in [0.1, 0.15) is 5.60 Å². The maximum atomic E-state index is 11.5. The largest absolute Gasteiger partial charge is 0.444 e. The lowest BCUT2D eigenvalue weighted by Gasteiger charge is -2.19. The van der Waals surface area contributed by atoms with Crippen molar-refractivity contribution in [2.45, 2.75) is 71.4 Å². The molecule has 0 aromatic rings. The second kappa shape index (κ2) is 11.8. The Morgan fingerprint density at radius 2 is 1.87 bits per heavy atom. The van der Waals surface area contributed by atoms with Crippen LogP contribution in [0.25, 0.3) is 0 Å². The molecule has 0 heterocycles. The molecule has 6 nitrogen and oxygen atoms in total. The van der Waals surface area contributed by atoms with Gasteiger partial charge >= 0.3 is 6.09 Å². The minimum atomic E-state index is -0.453. The molecule has 7 heteroatoms. The van der Waals surface area contributed by atoms with Gasteiger partial charge in [-0.3, -0.25) is 4.99 Å². The van der Waals surface area contributed by atoms with Gasteiger partial charge in [-0.05, 0) is 47.0 Å². The van der Waals surface area contributed by atoms with Crippen LogP contribution in [-0.2, 0) is 4.74 Å². The Bertz CT molecular complexity index is 364. The third kappa shape index (κ3) is 11.4. The van der Waals surface area contributed by atoms with E-state index >= 15 is 0 Å². The fourth-order valence-corrected chi connectivity index (χ4v) is 2.36. The first-order valence-electron chi connectivity index (χ1n) is 8.42. The predicted molar refractivity (Wildman–Crippen MR) is 106 cm³/mol. The summed E-state index contributed by atoms with van der Waals surface area (Å²) in [5, 5.41) is 9.49. The van der Waals surface area contributed by atoms with Crippen molar-refractivity contribution < 1.29 is 9.53 Å². The molecular formula is C16H33IN4O2. The van der Waals surface area contributed by atoms with Gasteiger partial charge in [-0.1, -0.05) is 12.8 Å². The summed E-state index contributed by atoms with van der Waals surface area (Å²) in [6.45, 7) is 9.74. The van der Waals surface area contributed by atoms with Crippen molar-refractivity contribution in [2.24, 2.45) is 4.99 Å². The molecule has 0 radical (unpaired) electrons. The smallest absolute Gasteiger partial charge is 0.407 e. The second-order valence-electron chi connectivity index (χ2n) is 6.67. The zero-order valence-electron chi connectivity index (χ0n) is 14.9. The Morgan fingerprint density at radius 1 is 1.22 bits per heavy atom. The van der Waals surface area contributed by atoms with Crippen LogP contribution in [-0.4, -0.2) is 43.3 Å². The molecule has 1 aliphatic rings. The van der Waals surface area contributed by atoms with E-state index in [1.54, 1.807) is 0 Å². The Morgan fingerprint density at radius 3 is 2.43 bits per heavy atom. The van der Waals surface area contributed by atoms with Gasteiger partial charge in [0.15, 0.2) is 5.96 Å². The molecule has 0 aromatic carbocycles. The molecule has 0 aliphatic heterocycles. The van der Waals surface area contributed by atoms with Gasteiger partial charge in [0.25, 0.3) is 0 Å². The summed E-state index contributed by atoms with van der Waals surface area (Å²) in [5.74, 6) is 0.881.